The molecule has 190 valence electrons. The Morgan fingerprint density at radius 2 is 1.78 bits per heavy atom. The van der Waals surface area contributed by atoms with Gasteiger partial charge in [-0.3, -0.25) is 19.4 Å². The summed E-state index contributed by atoms with van der Waals surface area (Å²) in [4.78, 5) is 38.5. The Morgan fingerprint density at radius 1 is 0.973 bits per heavy atom. The Labute approximate surface area is 220 Å². The monoisotopic (exact) mass is 513 g/mol. The lowest BCUT2D eigenvalue weighted by atomic mass is 10.0. The van der Waals surface area contributed by atoms with Gasteiger partial charge in [0.1, 0.15) is 5.82 Å². The van der Waals surface area contributed by atoms with Crippen molar-refractivity contribution >= 4 is 39.7 Å². The highest BCUT2D eigenvalue weighted by Crippen LogP contribution is 2.29. The number of anilines is 1. The molecular weight excluding hydrogens is 482 g/mol. The summed E-state index contributed by atoms with van der Waals surface area (Å²) < 4.78 is 2.06. The maximum absolute atomic E-state index is 14.0. The molecule has 6 rings (SSSR count). The zero-order chi connectivity index (χ0) is 25.4. The standard InChI is InChI=1S/C29H31N5O2S/c1-31(28(35)24-10-6-8-22-7-2-3-9-23(22)24)27-26(34-13-5-4-11-25(34)30-27)29(36)33-16-14-32(15-17-33)19-21-12-18-37-20-21/h2-3,6-10,12,18,20H,4-5,11,13-17,19H2,1H3. The first kappa shape index (κ1) is 23.9. The average molecular weight is 514 g/mol. The highest BCUT2D eigenvalue weighted by molar-refractivity contribution is 7.07. The fourth-order valence-corrected chi connectivity index (χ4v) is 6.16. The van der Waals surface area contributed by atoms with Crippen LogP contribution in [0, 0.1) is 0 Å². The van der Waals surface area contributed by atoms with E-state index in [1.165, 1.54) is 5.56 Å². The number of piperazine rings is 1. The molecule has 2 aliphatic heterocycles. The average Bonchev–Trinajstić information content (AvgIpc) is 3.60. The fraction of sp³-hybridized carbons (Fsp3) is 0.345. The maximum atomic E-state index is 14.0. The highest BCUT2D eigenvalue weighted by atomic mass is 32.1. The molecule has 0 unspecified atom stereocenters. The minimum atomic E-state index is -0.151. The summed E-state index contributed by atoms with van der Waals surface area (Å²) in [5.41, 5.74) is 2.49. The minimum absolute atomic E-state index is 0.0246. The van der Waals surface area contributed by atoms with E-state index in [4.69, 9.17) is 4.98 Å². The Bertz CT molecular complexity index is 1430. The van der Waals surface area contributed by atoms with Gasteiger partial charge in [-0.15, -0.1) is 0 Å². The number of benzene rings is 2. The van der Waals surface area contributed by atoms with Gasteiger partial charge in [-0.1, -0.05) is 36.4 Å². The molecule has 2 aliphatic rings. The van der Waals surface area contributed by atoms with E-state index in [-0.39, 0.29) is 11.8 Å². The van der Waals surface area contributed by atoms with Crippen molar-refractivity contribution in [2.75, 3.05) is 38.1 Å². The second kappa shape index (κ2) is 10.1. The van der Waals surface area contributed by atoms with Crippen LogP contribution in [0.15, 0.2) is 59.3 Å². The Balaban J connectivity index is 1.28. The van der Waals surface area contributed by atoms with Crippen LogP contribution < -0.4 is 4.90 Å². The summed E-state index contributed by atoms with van der Waals surface area (Å²) in [5.74, 6) is 1.20. The van der Waals surface area contributed by atoms with Crippen LogP contribution in [0.3, 0.4) is 0 Å². The predicted octanol–water partition coefficient (Wildman–Crippen LogP) is 4.67. The molecule has 0 spiro atoms. The molecule has 4 heterocycles. The molecule has 37 heavy (non-hydrogen) atoms. The zero-order valence-electron chi connectivity index (χ0n) is 21.1. The molecule has 8 heteroatoms. The first-order valence-electron chi connectivity index (χ1n) is 13.0. The minimum Gasteiger partial charge on any atom is -0.335 e. The molecule has 2 aromatic heterocycles. The number of hydrogen-bond donors (Lipinski definition) is 0. The SMILES string of the molecule is CN(C(=O)c1cccc2ccccc12)c1nc2n(c1C(=O)N1CCN(Cc3ccsc3)CC1)CCCC2. The van der Waals surface area contributed by atoms with Gasteiger partial charge < -0.3 is 9.47 Å². The molecule has 2 amide bonds. The number of fused-ring (bicyclic) bond motifs is 2. The number of carbonyl (C=O) groups excluding carboxylic acids is 2. The van der Waals surface area contributed by atoms with E-state index in [2.05, 4.69) is 26.3 Å². The number of hydrogen-bond acceptors (Lipinski definition) is 5. The molecule has 0 saturated carbocycles. The van der Waals surface area contributed by atoms with Crippen LogP contribution in [0.2, 0.25) is 0 Å². The third-order valence-electron chi connectivity index (χ3n) is 7.55. The first-order chi connectivity index (χ1) is 18.1. The smallest absolute Gasteiger partial charge is 0.274 e. The summed E-state index contributed by atoms with van der Waals surface area (Å²) in [6.07, 6.45) is 2.88. The molecule has 7 nitrogen and oxygen atoms in total. The molecule has 0 bridgehead atoms. The van der Waals surface area contributed by atoms with Crippen molar-refractivity contribution in [1.82, 2.24) is 19.4 Å². The van der Waals surface area contributed by atoms with Crippen LogP contribution >= 0.6 is 11.3 Å². The summed E-state index contributed by atoms with van der Waals surface area (Å²) in [6.45, 7) is 4.69. The summed E-state index contributed by atoms with van der Waals surface area (Å²) in [7, 11) is 1.74. The predicted molar refractivity (Wildman–Crippen MR) is 147 cm³/mol. The lowest BCUT2D eigenvalue weighted by Crippen LogP contribution is -2.49. The van der Waals surface area contributed by atoms with Crippen molar-refractivity contribution in [2.45, 2.75) is 32.4 Å². The second-order valence-corrected chi connectivity index (χ2v) is 10.7. The van der Waals surface area contributed by atoms with Crippen molar-refractivity contribution < 1.29 is 9.59 Å². The highest BCUT2D eigenvalue weighted by Gasteiger charge is 2.33. The molecule has 0 aliphatic carbocycles. The number of aryl methyl sites for hydroxylation is 1. The van der Waals surface area contributed by atoms with Crippen LogP contribution in [-0.2, 0) is 19.5 Å². The Morgan fingerprint density at radius 3 is 2.59 bits per heavy atom. The Kier molecular flexibility index (Phi) is 6.52. The number of aromatic nitrogens is 2. The molecule has 0 atom stereocenters. The van der Waals surface area contributed by atoms with Crippen molar-refractivity contribution in [3.05, 3.63) is 81.9 Å². The van der Waals surface area contributed by atoms with E-state index in [1.807, 2.05) is 47.4 Å². The molecule has 4 aromatic rings. The first-order valence-corrected chi connectivity index (χ1v) is 13.9. The number of nitrogens with zero attached hydrogens (tertiary/aromatic N) is 5. The van der Waals surface area contributed by atoms with Crippen LogP contribution in [0.5, 0.6) is 0 Å². The van der Waals surface area contributed by atoms with E-state index >= 15 is 0 Å². The van der Waals surface area contributed by atoms with Crippen LogP contribution in [0.25, 0.3) is 10.8 Å². The summed E-state index contributed by atoms with van der Waals surface area (Å²) in [5, 5.41) is 6.21. The molecule has 1 fully saturated rings. The Hall–Kier alpha value is -3.49. The molecule has 1 saturated heterocycles. The van der Waals surface area contributed by atoms with Crippen LogP contribution in [-0.4, -0.2) is 64.4 Å². The van der Waals surface area contributed by atoms with Gasteiger partial charge in [-0.25, -0.2) is 4.98 Å². The number of rotatable bonds is 5. The fourth-order valence-electron chi connectivity index (χ4n) is 5.50. The van der Waals surface area contributed by atoms with Crippen molar-refractivity contribution in [1.29, 1.82) is 0 Å². The van der Waals surface area contributed by atoms with Crippen LogP contribution in [0.4, 0.5) is 5.82 Å². The molecule has 0 radical (unpaired) electrons. The van der Waals surface area contributed by atoms with Gasteiger partial charge in [0.05, 0.1) is 0 Å². The van der Waals surface area contributed by atoms with Gasteiger partial charge in [0.15, 0.2) is 11.5 Å². The summed E-state index contributed by atoms with van der Waals surface area (Å²) >= 11 is 1.72. The van der Waals surface area contributed by atoms with E-state index in [0.717, 1.165) is 62.0 Å². The quantitative estimate of drug-likeness (QED) is 0.389. The lowest BCUT2D eigenvalue weighted by Gasteiger charge is -2.35. The van der Waals surface area contributed by atoms with Gasteiger partial charge in [-0.05, 0) is 52.1 Å². The van der Waals surface area contributed by atoms with Crippen molar-refractivity contribution in [3.8, 4) is 0 Å². The van der Waals surface area contributed by atoms with E-state index < -0.39 is 0 Å². The van der Waals surface area contributed by atoms with Gasteiger partial charge in [0.25, 0.3) is 11.8 Å². The second-order valence-electron chi connectivity index (χ2n) is 9.90. The van der Waals surface area contributed by atoms with Crippen LogP contribution in [0.1, 0.15) is 45.1 Å². The topological polar surface area (TPSA) is 61.7 Å². The van der Waals surface area contributed by atoms with Crippen molar-refractivity contribution in [2.24, 2.45) is 0 Å². The normalized spacial score (nSPS) is 16.1. The lowest BCUT2D eigenvalue weighted by molar-refractivity contribution is 0.0617. The largest absolute Gasteiger partial charge is 0.335 e. The van der Waals surface area contributed by atoms with Gasteiger partial charge >= 0.3 is 0 Å². The third-order valence-corrected chi connectivity index (χ3v) is 8.28. The molecule has 2 aromatic carbocycles. The van der Waals surface area contributed by atoms with Gasteiger partial charge in [0.2, 0.25) is 0 Å². The van der Waals surface area contributed by atoms with Gasteiger partial charge in [-0.2, -0.15) is 11.3 Å². The zero-order valence-corrected chi connectivity index (χ0v) is 21.9. The number of carbonyl (C=O) groups is 2. The number of amides is 2. The van der Waals surface area contributed by atoms with Gasteiger partial charge in [0, 0.05) is 58.3 Å². The number of imidazole rings is 1. The van der Waals surface area contributed by atoms with Crippen molar-refractivity contribution in [3.63, 3.8) is 0 Å². The molecular formula is C29H31N5O2S. The summed E-state index contributed by atoms with van der Waals surface area (Å²) in [6, 6.07) is 15.8. The van der Waals surface area contributed by atoms with E-state index in [1.54, 1.807) is 23.3 Å². The molecule has 0 N–H and O–H groups in total. The van der Waals surface area contributed by atoms with E-state index in [9.17, 15) is 9.59 Å². The van der Waals surface area contributed by atoms with E-state index in [0.29, 0.717) is 30.2 Å². The third kappa shape index (κ3) is 4.55. The number of thiophene rings is 1. The maximum Gasteiger partial charge on any atom is 0.274 e.